The van der Waals surface area contributed by atoms with Crippen molar-refractivity contribution in [3.63, 3.8) is 0 Å². The second-order valence-electron chi connectivity index (χ2n) is 4.12. The predicted octanol–water partition coefficient (Wildman–Crippen LogP) is 2.87. The Balaban J connectivity index is 2.31. The van der Waals surface area contributed by atoms with Gasteiger partial charge in [-0.2, -0.15) is 5.26 Å². The molecule has 1 heterocycles. The number of benzene rings is 1. The fourth-order valence-corrected chi connectivity index (χ4v) is 2.61. The lowest BCUT2D eigenvalue weighted by Gasteiger charge is -2.08. The Morgan fingerprint density at radius 1 is 1.59 bits per heavy atom. The monoisotopic (exact) mass is 352 g/mol. The zero-order chi connectivity index (χ0) is 15.9. The molecule has 0 atom stereocenters. The minimum atomic E-state index is 0.449. The standard InChI is InChI=1S/C13H12N4O2S3/c1-9(20)14-8-10-3-2-4-11(7-10)17-12(21)15-16-13(17)22-6-5-19-18/h2-4,7,18H,8H2,1H3,(H,14,20)(H,15,21). The van der Waals surface area contributed by atoms with Gasteiger partial charge in [0.05, 0.1) is 10.7 Å². The molecule has 3 N–H and O–H groups in total. The van der Waals surface area contributed by atoms with Crippen molar-refractivity contribution in [2.24, 2.45) is 0 Å². The van der Waals surface area contributed by atoms with Crippen LogP contribution in [0, 0.1) is 16.1 Å². The van der Waals surface area contributed by atoms with E-state index in [0.29, 0.717) is 16.5 Å². The number of hydrogen-bond acceptors (Lipinski definition) is 6. The van der Waals surface area contributed by atoms with Gasteiger partial charge in [0, 0.05) is 23.6 Å². The van der Waals surface area contributed by atoms with Gasteiger partial charge in [-0.15, -0.1) is 5.10 Å². The molecule has 0 bridgehead atoms. The van der Waals surface area contributed by atoms with Gasteiger partial charge in [-0.3, -0.25) is 14.6 Å². The zero-order valence-electron chi connectivity index (χ0n) is 11.5. The number of nitrogens with zero attached hydrogens (tertiary/aromatic N) is 2. The second-order valence-corrected chi connectivity index (χ2v) is 5.90. The second kappa shape index (κ2) is 7.95. The smallest absolute Gasteiger partial charge is 0.207 e. The van der Waals surface area contributed by atoms with E-state index in [1.54, 1.807) is 4.57 Å². The van der Waals surface area contributed by atoms with Gasteiger partial charge in [-0.05, 0) is 36.8 Å². The minimum Gasteiger partial charge on any atom is -0.376 e. The number of thioether (sulfide) groups is 1. The molecule has 0 unspecified atom stereocenters. The third-order valence-electron chi connectivity index (χ3n) is 2.58. The van der Waals surface area contributed by atoms with Gasteiger partial charge < -0.3 is 5.32 Å². The molecule has 22 heavy (non-hydrogen) atoms. The summed E-state index contributed by atoms with van der Waals surface area (Å²) in [4.78, 5) is 4.45. The van der Waals surface area contributed by atoms with Crippen molar-refractivity contribution < 1.29 is 10.1 Å². The zero-order valence-corrected chi connectivity index (χ0v) is 13.9. The van der Waals surface area contributed by atoms with Crippen LogP contribution < -0.4 is 5.32 Å². The van der Waals surface area contributed by atoms with Crippen LogP contribution in [0.1, 0.15) is 12.5 Å². The van der Waals surface area contributed by atoms with Gasteiger partial charge in [0.2, 0.25) is 9.93 Å². The van der Waals surface area contributed by atoms with Crippen molar-refractivity contribution in [1.82, 2.24) is 20.1 Å². The van der Waals surface area contributed by atoms with Gasteiger partial charge in [0.25, 0.3) is 0 Å². The summed E-state index contributed by atoms with van der Waals surface area (Å²) in [6.07, 6.45) is 2.07. The van der Waals surface area contributed by atoms with E-state index in [0.717, 1.165) is 28.0 Å². The largest absolute Gasteiger partial charge is 0.376 e. The van der Waals surface area contributed by atoms with Crippen LogP contribution in [0.2, 0.25) is 0 Å². The lowest BCUT2D eigenvalue weighted by Crippen LogP contribution is -2.17. The SMILES string of the molecule is CC(=S)NCc1cccc(-n2c(SC#COO)n[nH]c2=S)c1. The average Bonchev–Trinajstić information content (AvgIpc) is 2.87. The summed E-state index contributed by atoms with van der Waals surface area (Å²) in [5.74, 6) is 0. The molecule has 2 rings (SSSR count). The Morgan fingerprint density at radius 3 is 3.14 bits per heavy atom. The van der Waals surface area contributed by atoms with Crippen LogP contribution in [0.4, 0.5) is 0 Å². The van der Waals surface area contributed by atoms with Crippen molar-refractivity contribution in [3.8, 4) is 17.0 Å². The van der Waals surface area contributed by atoms with Gasteiger partial charge >= 0.3 is 0 Å². The molecule has 0 aliphatic rings. The lowest BCUT2D eigenvalue weighted by atomic mass is 10.2. The summed E-state index contributed by atoms with van der Waals surface area (Å²) in [6.45, 7) is 2.47. The Morgan fingerprint density at radius 2 is 2.41 bits per heavy atom. The first-order valence-electron chi connectivity index (χ1n) is 6.10. The molecule has 114 valence electrons. The van der Waals surface area contributed by atoms with Crippen molar-refractivity contribution in [3.05, 3.63) is 34.6 Å². The molecular weight excluding hydrogens is 340 g/mol. The highest BCUT2D eigenvalue weighted by molar-refractivity contribution is 8.03. The Hall–Kier alpha value is -1.86. The molecule has 0 fully saturated rings. The molecular formula is C13H12N4O2S3. The maximum atomic E-state index is 8.22. The molecule has 0 aliphatic carbocycles. The van der Waals surface area contributed by atoms with Gasteiger partial charge in [-0.25, -0.2) is 0 Å². The number of nitrogens with one attached hydrogen (secondary N) is 2. The lowest BCUT2D eigenvalue weighted by molar-refractivity contribution is -0.171. The van der Waals surface area contributed by atoms with Crippen LogP contribution in [0.25, 0.3) is 5.69 Å². The highest BCUT2D eigenvalue weighted by atomic mass is 32.2. The summed E-state index contributed by atoms with van der Waals surface area (Å²) >= 11 is 11.3. The molecule has 0 radical (unpaired) electrons. The van der Waals surface area contributed by atoms with Gasteiger partial charge in [-0.1, -0.05) is 24.4 Å². The maximum absolute atomic E-state index is 8.22. The average molecular weight is 352 g/mol. The van der Waals surface area contributed by atoms with E-state index < -0.39 is 0 Å². The van der Waals surface area contributed by atoms with Crippen LogP contribution in [-0.2, 0) is 11.4 Å². The molecule has 9 heteroatoms. The van der Waals surface area contributed by atoms with Crippen molar-refractivity contribution in [2.75, 3.05) is 0 Å². The third-order valence-corrected chi connectivity index (χ3v) is 3.64. The number of hydrogen-bond donors (Lipinski definition) is 3. The summed E-state index contributed by atoms with van der Waals surface area (Å²) in [7, 11) is 0. The predicted molar refractivity (Wildman–Crippen MR) is 91.2 cm³/mol. The molecule has 2 aromatic rings. The van der Waals surface area contributed by atoms with Crippen molar-refractivity contribution in [2.45, 2.75) is 18.6 Å². The van der Waals surface area contributed by atoms with Crippen molar-refractivity contribution in [1.29, 1.82) is 0 Å². The number of thiocarbonyl (C=S) groups is 1. The Kier molecular flexibility index (Phi) is 5.97. The number of aromatic amines is 1. The molecule has 1 aromatic carbocycles. The van der Waals surface area contributed by atoms with Crippen LogP contribution in [0.15, 0.2) is 29.4 Å². The van der Waals surface area contributed by atoms with Crippen molar-refractivity contribution >= 4 is 41.2 Å². The third kappa shape index (κ3) is 4.32. The quantitative estimate of drug-likeness (QED) is 0.257. The fraction of sp³-hybridized carbons (Fsp3) is 0.154. The number of H-pyrrole nitrogens is 1. The van der Waals surface area contributed by atoms with E-state index in [1.165, 1.54) is 0 Å². The Labute approximate surface area is 141 Å². The van der Waals surface area contributed by atoms with Crippen LogP contribution >= 0.6 is 36.2 Å². The minimum absolute atomic E-state index is 0.449. The fourth-order valence-electron chi connectivity index (χ4n) is 1.70. The molecule has 6 nitrogen and oxygen atoms in total. The van der Waals surface area contributed by atoms with Crippen LogP contribution in [0.3, 0.4) is 0 Å². The first-order valence-corrected chi connectivity index (χ1v) is 7.73. The summed E-state index contributed by atoms with van der Waals surface area (Å²) < 4.78 is 2.20. The summed E-state index contributed by atoms with van der Waals surface area (Å²) in [5.41, 5.74) is 1.92. The van der Waals surface area contributed by atoms with E-state index >= 15 is 0 Å². The topological polar surface area (TPSA) is 75.1 Å². The molecule has 0 saturated carbocycles. The molecule has 0 amide bonds. The molecule has 1 aromatic heterocycles. The first kappa shape index (κ1) is 16.5. The maximum Gasteiger partial charge on any atom is 0.207 e. The van der Waals surface area contributed by atoms with E-state index in [-0.39, 0.29) is 0 Å². The van der Waals surface area contributed by atoms with Gasteiger partial charge in [0.1, 0.15) is 0 Å². The molecule has 0 saturated heterocycles. The van der Waals surface area contributed by atoms with E-state index in [1.807, 2.05) is 31.2 Å². The number of rotatable bonds is 4. The van der Waals surface area contributed by atoms with E-state index in [9.17, 15) is 0 Å². The van der Waals surface area contributed by atoms with E-state index in [2.05, 4.69) is 31.8 Å². The van der Waals surface area contributed by atoms with Crippen LogP contribution in [0.5, 0.6) is 0 Å². The highest BCUT2D eigenvalue weighted by Crippen LogP contribution is 2.20. The van der Waals surface area contributed by atoms with Gasteiger partial charge in [0.15, 0.2) is 6.11 Å². The Bertz CT molecular complexity index is 788. The highest BCUT2D eigenvalue weighted by Gasteiger charge is 2.09. The normalized spacial score (nSPS) is 9.73. The number of aromatic nitrogens is 3. The molecule has 0 aliphatic heterocycles. The summed E-state index contributed by atoms with van der Waals surface area (Å²) in [5, 5.41) is 21.2. The molecule has 0 spiro atoms. The van der Waals surface area contributed by atoms with Crippen LogP contribution in [-0.4, -0.2) is 25.0 Å². The van der Waals surface area contributed by atoms with E-state index in [4.69, 9.17) is 29.7 Å². The summed E-state index contributed by atoms with van der Waals surface area (Å²) in [6, 6.07) is 7.82. The first-order chi connectivity index (χ1) is 10.6.